The summed E-state index contributed by atoms with van der Waals surface area (Å²) >= 11 is 0. The van der Waals surface area contributed by atoms with Crippen LogP contribution in [-0.4, -0.2) is 38.5 Å². The zero-order chi connectivity index (χ0) is 11.1. The number of carbonyl (C=O) groups excluding carboxylic acids is 1. The standard InChI is InChI=1S/C10H20N4O/c1-11-9(15)7-13-10(12-2)14-8-5-3-4-6-8/h8H,3-7H2,1-2H3,(H,11,15)(H2,12,13,14). The van der Waals surface area contributed by atoms with E-state index in [9.17, 15) is 4.79 Å². The normalized spacial score (nSPS) is 17.6. The number of aliphatic imine (C=N–C) groups is 1. The van der Waals surface area contributed by atoms with Crippen molar-refractivity contribution in [1.29, 1.82) is 0 Å². The average molecular weight is 212 g/mol. The van der Waals surface area contributed by atoms with Crippen molar-refractivity contribution in [3.05, 3.63) is 0 Å². The summed E-state index contributed by atoms with van der Waals surface area (Å²) in [5.74, 6) is 0.676. The molecule has 0 aromatic rings. The molecule has 3 N–H and O–H groups in total. The molecule has 1 amide bonds. The summed E-state index contributed by atoms with van der Waals surface area (Å²) < 4.78 is 0. The van der Waals surface area contributed by atoms with Crippen molar-refractivity contribution in [2.24, 2.45) is 4.99 Å². The number of guanidine groups is 1. The lowest BCUT2D eigenvalue weighted by Crippen LogP contribution is -2.45. The Balaban J connectivity index is 2.26. The van der Waals surface area contributed by atoms with Crippen LogP contribution in [0.25, 0.3) is 0 Å². The van der Waals surface area contributed by atoms with Crippen molar-refractivity contribution >= 4 is 11.9 Å². The van der Waals surface area contributed by atoms with E-state index in [4.69, 9.17) is 0 Å². The van der Waals surface area contributed by atoms with Gasteiger partial charge in [-0.05, 0) is 12.8 Å². The maximum atomic E-state index is 11.0. The smallest absolute Gasteiger partial charge is 0.239 e. The zero-order valence-corrected chi connectivity index (χ0v) is 9.47. The zero-order valence-electron chi connectivity index (χ0n) is 9.47. The van der Waals surface area contributed by atoms with Gasteiger partial charge in [0, 0.05) is 20.1 Å². The fraction of sp³-hybridized carbons (Fsp3) is 0.800. The molecule has 1 aliphatic rings. The molecule has 0 saturated heterocycles. The van der Waals surface area contributed by atoms with Crippen LogP contribution in [0.4, 0.5) is 0 Å². The van der Waals surface area contributed by atoms with Gasteiger partial charge in [-0.2, -0.15) is 0 Å². The Labute approximate surface area is 90.7 Å². The average Bonchev–Trinajstić information content (AvgIpc) is 2.76. The summed E-state index contributed by atoms with van der Waals surface area (Å²) in [7, 11) is 3.34. The van der Waals surface area contributed by atoms with Gasteiger partial charge in [-0.3, -0.25) is 9.79 Å². The van der Waals surface area contributed by atoms with Crippen LogP contribution in [0.5, 0.6) is 0 Å². The first-order valence-electron chi connectivity index (χ1n) is 5.44. The van der Waals surface area contributed by atoms with Crippen LogP contribution in [0.2, 0.25) is 0 Å². The van der Waals surface area contributed by atoms with E-state index in [1.165, 1.54) is 25.7 Å². The fourth-order valence-corrected chi connectivity index (χ4v) is 1.71. The minimum Gasteiger partial charge on any atom is -0.358 e. The Kier molecular flexibility index (Phi) is 4.93. The molecule has 5 nitrogen and oxygen atoms in total. The van der Waals surface area contributed by atoms with E-state index in [0.29, 0.717) is 12.0 Å². The molecule has 1 aliphatic carbocycles. The summed E-state index contributed by atoms with van der Waals surface area (Å²) in [6.45, 7) is 0.267. The number of nitrogens with zero attached hydrogens (tertiary/aromatic N) is 1. The molecule has 5 heteroatoms. The first-order valence-corrected chi connectivity index (χ1v) is 5.44. The van der Waals surface area contributed by atoms with Gasteiger partial charge in [0.15, 0.2) is 5.96 Å². The van der Waals surface area contributed by atoms with Crippen LogP contribution in [0.15, 0.2) is 4.99 Å². The lowest BCUT2D eigenvalue weighted by atomic mass is 10.2. The van der Waals surface area contributed by atoms with E-state index >= 15 is 0 Å². The van der Waals surface area contributed by atoms with Crippen LogP contribution < -0.4 is 16.0 Å². The maximum Gasteiger partial charge on any atom is 0.239 e. The van der Waals surface area contributed by atoms with Crippen molar-refractivity contribution in [3.8, 4) is 0 Å². The molecule has 0 radical (unpaired) electrons. The van der Waals surface area contributed by atoms with Crippen LogP contribution in [-0.2, 0) is 4.79 Å². The summed E-state index contributed by atoms with van der Waals surface area (Å²) in [5.41, 5.74) is 0. The Morgan fingerprint density at radius 2 is 2.07 bits per heavy atom. The highest BCUT2D eigenvalue weighted by Gasteiger charge is 2.15. The Hall–Kier alpha value is -1.26. The molecule has 1 saturated carbocycles. The molecule has 0 unspecified atom stereocenters. The van der Waals surface area contributed by atoms with Crippen LogP contribution in [0.1, 0.15) is 25.7 Å². The largest absolute Gasteiger partial charge is 0.358 e. The monoisotopic (exact) mass is 212 g/mol. The van der Waals surface area contributed by atoms with Crippen molar-refractivity contribution in [3.63, 3.8) is 0 Å². The third-order valence-corrected chi connectivity index (χ3v) is 2.61. The van der Waals surface area contributed by atoms with E-state index in [0.717, 1.165) is 0 Å². The SMILES string of the molecule is CN=C(NCC(=O)NC)NC1CCCC1. The molecule has 0 heterocycles. The molecular weight excluding hydrogens is 192 g/mol. The Morgan fingerprint density at radius 3 is 2.60 bits per heavy atom. The third-order valence-electron chi connectivity index (χ3n) is 2.61. The van der Waals surface area contributed by atoms with Crippen molar-refractivity contribution in [2.75, 3.05) is 20.6 Å². The van der Waals surface area contributed by atoms with Crippen molar-refractivity contribution in [2.45, 2.75) is 31.7 Å². The minimum atomic E-state index is -0.0376. The van der Waals surface area contributed by atoms with Gasteiger partial charge >= 0.3 is 0 Å². The van der Waals surface area contributed by atoms with Crippen LogP contribution >= 0.6 is 0 Å². The highest BCUT2D eigenvalue weighted by atomic mass is 16.1. The van der Waals surface area contributed by atoms with Gasteiger partial charge in [-0.1, -0.05) is 12.8 Å². The molecule has 1 rings (SSSR count). The van der Waals surface area contributed by atoms with Crippen LogP contribution in [0, 0.1) is 0 Å². The Bertz CT molecular complexity index is 234. The number of amides is 1. The molecule has 0 aromatic carbocycles. The molecule has 0 bridgehead atoms. The van der Waals surface area contributed by atoms with E-state index < -0.39 is 0 Å². The number of rotatable bonds is 3. The highest BCUT2D eigenvalue weighted by molar-refractivity contribution is 5.86. The number of nitrogens with one attached hydrogen (secondary N) is 3. The fourth-order valence-electron chi connectivity index (χ4n) is 1.71. The minimum absolute atomic E-state index is 0.0376. The van der Waals surface area contributed by atoms with Crippen LogP contribution in [0.3, 0.4) is 0 Å². The molecule has 0 aromatic heterocycles. The van der Waals surface area contributed by atoms with Gasteiger partial charge in [-0.15, -0.1) is 0 Å². The van der Waals surface area contributed by atoms with Gasteiger partial charge in [-0.25, -0.2) is 0 Å². The van der Waals surface area contributed by atoms with Gasteiger partial charge in [0.2, 0.25) is 5.91 Å². The number of hydrogen-bond acceptors (Lipinski definition) is 2. The molecular formula is C10H20N4O. The second-order valence-electron chi connectivity index (χ2n) is 3.72. The van der Waals surface area contributed by atoms with E-state index in [2.05, 4.69) is 20.9 Å². The molecule has 0 atom stereocenters. The van der Waals surface area contributed by atoms with Crippen molar-refractivity contribution < 1.29 is 4.79 Å². The summed E-state index contributed by atoms with van der Waals surface area (Å²) in [6, 6.07) is 0.515. The predicted octanol–water partition coefficient (Wildman–Crippen LogP) is -0.160. The second kappa shape index (κ2) is 6.27. The Morgan fingerprint density at radius 1 is 1.40 bits per heavy atom. The molecule has 0 spiro atoms. The lowest BCUT2D eigenvalue weighted by molar-refractivity contribution is -0.119. The molecule has 1 fully saturated rings. The number of likely N-dealkylation sites (N-methyl/N-ethyl adjacent to an activating group) is 1. The molecule has 15 heavy (non-hydrogen) atoms. The predicted molar refractivity (Wildman–Crippen MR) is 60.8 cm³/mol. The van der Waals surface area contributed by atoms with Gasteiger partial charge in [0.25, 0.3) is 0 Å². The third kappa shape index (κ3) is 4.18. The van der Waals surface area contributed by atoms with E-state index in [-0.39, 0.29) is 12.5 Å². The summed E-state index contributed by atoms with van der Waals surface area (Å²) in [5, 5.41) is 8.83. The first-order chi connectivity index (χ1) is 7.26. The number of hydrogen-bond donors (Lipinski definition) is 3. The summed E-state index contributed by atoms with van der Waals surface area (Å²) in [6.07, 6.45) is 4.95. The van der Waals surface area contributed by atoms with Gasteiger partial charge in [0.05, 0.1) is 6.54 Å². The second-order valence-corrected chi connectivity index (χ2v) is 3.72. The lowest BCUT2D eigenvalue weighted by Gasteiger charge is -2.16. The number of carbonyl (C=O) groups is 1. The summed E-state index contributed by atoms with van der Waals surface area (Å²) in [4.78, 5) is 15.1. The van der Waals surface area contributed by atoms with Gasteiger partial charge < -0.3 is 16.0 Å². The quantitative estimate of drug-likeness (QED) is 0.450. The van der Waals surface area contributed by atoms with E-state index in [1.807, 2.05) is 0 Å². The van der Waals surface area contributed by atoms with Gasteiger partial charge in [0.1, 0.15) is 0 Å². The highest BCUT2D eigenvalue weighted by Crippen LogP contribution is 2.17. The van der Waals surface area contributed by atoms with Crippen molar-refractivity contribution in [1.82, 2.24) is 16.0 Å². The van der Waals surface area contributed by atoms with E-state index in [1.54, 1.807) is 14.1 Å². The first kappa shape index (κ1) is 11.8. The topological polar surface area (TPSA) is 65.5 Å². The maximum absolute atomic E-state index is 11.0. The molecule has 86 valence electrons. The molecule has 0 aliphatic heterocycles.